The topological polar surface area (TPSA) is 100 Å². The van der Waals surface area contributed by atoms with Gasteiger partial charge in [0.2, 0.25) is 15.9 Å². The maximum Gasteiger partial charge on any atom is 0.242 e. The van der Waals surface area contributed by atoms with Crippen LogP contribution in [0.3, 0.4) is 0 Å². The first kappa shape index (κ1) is 18.5. The third kappa shape index (κ3) is 4.66. The Bertz CT molecular complexity index is 856. The van der Waals surface area contributed by atoms with Crippen molar-refractivity contribution in [3.63, 3.8) is 0 Å². The average Bonchev–Trinajstić information content (AvgIpc) is 2.67. The van der Waals surface area contributed by atoms with E-state index in [-0.39, 0.29) is 29.8 Å². The summed E-state index contributed by atoms with van der Waals surface area (Å²) in [5, 5.41) is 6.27. The fourth-order valence-corrected chi connectivity index (χ4v) is 3.96. The van der Waals surface area contributed by atoms with Crippen molar-refractivity contribution in [2.24, 2.45) is 0 Å². The Labute approximate surface area is 153 Å². The van der Waals surface area contributed by atoms with Crippen LogP contribution in [0.2, 0.25) is 0 Å². The van der Waals surface area contributed by atoms with E-state index in [9.17, 15) is 13.2 Å². The molecule has 0 radical (unpaired) electrons. The molecule has 1 aliphatic rings. The minimum atomic E-state index is -3.64. The molecule has 3 rings (SSSR count). The largest absolute Gasteiger partial charge is 0.354 e. The summed E-state index contributed by atoms with van der Waals surface area (Å²) >= 11 is 0. The summed E-state index contributed by atoms with van der Waals surface area (Å²) < 4.78 is 26.5. The van der Waals surface area contributed by atoms with E-state index in [1.54, 1.807) is 6.07 Å². The van der Waals surface area contributed by atoms with Crippen molar-refractivity contribution in [2.45, 2.75) is 23.8 Å². The molecule has 1 aliphatic heterocycles. The van der Waals surface area contributed by atoms with Crippen molar-refractivity contribution in [1.82, 2.24) is 20.3 Å². The van der Waals surface area contributed by atoms with Crippen molar-refractivity contribution in [3.05, 3.63) is 59.9 Å². The third-order valence-corrected chi connectivity index (χ3v) is 5.75. The van der Waals surface area contributed by atoms with Gasteiger partial charge < -0.3 is 10.6 Å². The van der Waals surface area contributed by atoms with Gasteiger partial charge in [0.1, 0.15) is 4.90 Å². The average molecular weight is 374 g/mol. The second-order valence-corrected chi connectivity index (χ2v) is 7.86. The van der Waals surface area contributed by atoms with Gasteiger partial charge in [-0.15, -0.1) is 0 Å². The lowest BCUT2D eigenvalue weighted by Gasteiger charge is -2.27. The molecular weight excluding hydrogens is 352 g/mol. The highest BCUT2D eigenvalue weighted by molar-refractivity contribution is 7.89. The van der Waals surface area contributed by atoms with Gasteiger partial charge in [-0.1, -0.05) is 24.3 Å². The quantitative estimate of drug-likeness (QED) is 0.664. The van der Waals surface area contributed by atoms with Crippen LogP contribution in [0.15, 0.2) is 53.7 Å². The summed E-state index contributed by atoms with van der Waals surface area (Å²) in [6, 6.07) is 11.3. The predicted molar refractivity (Wildman–Crippen MR) is 97.9 cm³/mol. The van der Waals surface area contributed by atoms with Crippen LogP contribution in [0.4, 0.5) is 0 Å². The van der Waals surface area contributed by atoms with Gasteiger partial charge in [-0.3, -0.25) is 9.78 Å². The van der Waals surface area contributed by atoms with Crippen LogP contribution in [0.1, 0.15) is 23.6 Å². The van der Waals surface area contributed by atoms with Crippen molar-refractivity contribution in [1.29, 1.82) is 0 Å². The molecular formula is C18H22N4O3S. The summed E-state index contributed by atoms with van der Waals surface area (Å²) in [5.74, 6) is -0.191. The predicted octanol–water partition coefficient (Wildman–Crippen LogP) is 0.753. The van der Waals surface area contributed by atoms with E-state index in [4.69, 9.17) is 0 Å². The van der Waals surface area contributed by atoms with Gasteiger partial charge in [0.05, 0.1) is 0 Å². The van der Waals surface area contributed by atoms with E-state index >= 15 is 0 Å². The van der Waals surface area contributed by atoms with E-state index < -0.39 is 10.0 Å². The van der Waals surface area contributed by atoms with Gasteiger partial charge in [-0.25, -0.2) is 13.1 Å². The first-order valence-electron chi connectivity index (χ1n) is 8.54. The van der Waals surface area contributed by atoms with Crippen LogP contribution in [0, 0.1) is 0 Å². The van der Waals surface area contributed by atoms with Crippen molar-refractivity contribution in [2.75, 3.05) is 19.6 Å². The number of hydrogen-bond acceptors (Lipinski definition) is 5. The highest BCUT2D eigenvalue weighted by atomic mass is 32.2. The van der Waals surface area contributed by atoms with Crippen LogP contribution < -0.4 is 15.4 Å². The summed E-state index contributed by atoms with van der Waals surface area (Å²) in [5.41, 5.74) is 2.51. The number of benzene rings is 1. The first-order valence-corrected chi connectivity index (χ1v) is 10.0. The fourth-order valence-electron chi connectivity index (χ4n) is 2.97. The molecule has 26 heavy (non-hydrogen) atoms. The number of nitrogens with zero attached hydrogens (tertiary/aromatic N) is 1. The lowest BCUT2D eigenvalue weighted by atomic mass is 9.94. The smallest absolute Gasteiger partial charge is 0.242 e. The molecule has 1 amide bonds. The van der Waals surface area contributed by atoms with Crippen LogP contribution in [0.5, 0.6) is 0 Å². The maximum absolute atomic E-state index is 12.1. The number of amides is 1. The second-order valence-electron chi connectivity index (χ2n) is 6.10. The number of hydrogen-bond donors (Lipinski definition) is 3. The highest BCUT2D eigenvalue weighted by Crippen LogP contribution is 2.21. The monoisotopic (exact) mass is 374 g/mol. The number of carbonyl (C=O) groups excluding carboxylic acids is 1. The van der Waals surface area contributed by atoms with E-state index in [0.717, 1.165) is 13.0 Å². The SMILES string of the molecule is O=C(CCNS(=O)(=O)c1cccnc1)NCC1NCCc2ccccc21. The van der Waals surface area contributed by atoms with Crippen molar-refractivity contribution >= 4 is 15.9 Å². The summed E-state index contributed by atoms with van der Waals surface area (Å²) in [6.07, 6.45) is 3.84. The molecule has 1 aromatic carbocycles. The Morgan fingerprint density at radius 1 is 1.23 bits per heavy atom. The van der Waals surface area contributed by atoms with Crippen molar-refractivity contribution < 1.29 is 13.2 Å². The normalized spacial score (nSPS) is 16.7. The van der Waals surface area contributed by atoms with Crippen molar-refractivity contribution in [3.8, 4) is 0 Å². The van der Waals surface area contributed by atoms with Crippen LogP contribution >= 0.6 is 0 Å². The Morgan fingerprint density at radius 3 is 2.88 bits per heavy atom. The zero-order chi connectivity index (χ0) is 18.4. The number of sulfonamides is 1. The molecule has 1 atom stereocenters. The van der Waals surface area contributed by atoms with Crippen LogP contribution in [-0.4, -0.2) is 38.9 Å². The molecule has 2 aromatic rings. The van der Waals surface area contributed by atoms with E-state index in [2.05, 4.69) is 32.5 Å². The summed E-state index contributed by atoms with van der Waals surface area (Å²) in [7, 11) is -3.64. The molecule has 7 nitrogen and oxygen atoms in total. The van der Waals surface area contributed by atoms with E-state index in [1.807, 2.05) is 12.1 Å². The number of carbonyl (C=O) groups is 1. The number of pyridine rings is 1. The third-order valence-electron chi connectivity index (χ3n) is 4.31. The van der Waals surface area contributed by atoms with Crippen LogP contribution in [-0.2, 0) is 21.2 Å². The molecule has 0 spiro atoms. The molecule has 0 saturated carbocycles. The van der Waals surface area contributed by atoms with Crippen LogP contribution in [0.25, 0.3) is 0 Å². The van der Waals surface area contributed by atoms with Gasteiger partial charge in [0, 0.05) is 37.9 Å². The lowest BCUT2D eigenvalue weighted by Crippen LogP contribution is -2.39. The number of rotatable bonds is 7. The van der Waals surface area contributed by atoms with Gasteiger partial charge in [0.25, 0.3) is 0 Å². The van der Waals surface area contributed by atoms with Gasteiger partial charge in [-0.05, 0) is 36.2 Å². The Kier molecular flexibility index (Phi) is 5.97. The fraction of sp³-hybridized carbons (Fsp3) is 0.333. The lowest BCUT2D eigenvalue weighted by molar-refractivity contribution is -0.121. The standard InChI is InChI=1S/C18H22N4O3S/c23-18(8-11-22-26(24,25)15-5-3-9-19-12-15)21-13-17-16-6-2-1-4-14(16)7-10-20-17/h1-6,9,12,17,20,22H,7-8,10-11,13H2,(H,21,23). The summed E-state index contributed by atoms with van der Waals surface area (Å²) in [4.78, 5) is 15.9. The molecule has 0 aliphatic carbocycles. The molecule has 0 saturated heterocycles. The molecule has 8 heteroatoms. The summed E-state index contributed by atoms with van der Waals surface area (Å²) in [6.45, 7) is 1.39. The highest BCUT2D eigenvalue weighted by Gasteiger charge is 2.19. The molecule has 1 aromatic heterocycles. The second kappa shape index (κ2) is 8.39. The number of nitrogens with one attached hydrogen (secondary N) is 3. The van der Waals surface area contributed by atoms with E-state index in [0.29, 0.717) is 6.54 Å². The minimum Gasteiger partial charge on any atom is -0.354 e. The first-order chi connectivity index (χ1) is 12.6. The zero-order valence-electron chi connectivity index (χ0n) is 14.3. The Hall–Kier alpha value is -2.29. The number of aromatic nitrogens is 1. The van der Waals surface area contributed by atoms with Gasteiger partial charge >= 0.3 is 0 Å². The zero-order valence-corrected chi connectivity index (χ0v) is 15.1. The minimum absolute atomic E-state index is 0.0394. The molecule has 0 bridgehead atoms. The maximum atomic E-state index is 12.1. The molecule has 0 fully saturated rings. The Morgan fingerprint density at radius 2 is 2.08 bits per heavy atom. The van der Waals surface area contributed by atoms with E-state index in [1.165, 1.54) is 29.6 Å². The molecule has 3 N–H and O–H groups in total. The molecule has 2 heterocycles. The molecule has 138 valence electrons. The number of fused-ring (bicyclic) bond motifs is 1. The molecule has 1 unspecified atom stereocenters. The Balaban J connectivity index is 1.46. The van der Waals surface area contributed by atoms with Gasteiger partial charge in [-0.2, -0.15) is 0 Å². The van der Waals surface area contributed by atoms with Gasteiger partial charge in [0.15, 0.2) is 0 Å².